The predicted molar refractivity (Wildman–Crippen MR) is 65.2 cm³/mol. The average molecular weight is 231 g/mol. The maximum absolute atomic E-state index is 9.28. The normalized spacial score (nSPS) is 16.8. The van der Waals surface area contributed by atoms with Gasteiger partial charge in [-0.25, -0.2) is 0 Å². The van der Waals surface area contributed by atoms with E-state index in [2.05, 4.69) is 6.07 Å². The monoisotopic (exact) mass is 231 g/mol. The first-order valence-electron chi connectivity index (χ1n) is 5.91. The SMILES string of the molecule is COc1ccc([C@@H](C#N)C2CCC2)cc1OC. The van der Waals surface area contributed by atoms with Crippen LogP contribution in [0.5, 0.6) is 11.5 Å². The summed E-state index contributed by atoms with van der Waals surface area (Å²) in [7, 11) is 3.23. The van der Waals surface area contributed by atoms with E-state index < -0.39 is 0 Å². The van der Waals surface area contributed by atoms with Crippen molar-refractivity contribution in [3.8, 4) is 17.6 Å². The van der Waals surface area contributed by atoms with Crippen LogP contribution in [0.3, 0.4) is 0 Å². The first kappa shape index (κ1) is 11.8. The standard InChI is InChI=1S/C14H17NO2/c1-16-13-7-6-11(8-14(13)17-2)12(9-15)10-4-3-5-10/h6-8,10,12H,3-5H2,1-2H3/t12-/m0/s1. The minimum atomic E-state index is -0.0106. The van der Waals surface area contributed by atoms with Crippen molar-refractivity contribution in [1.82, 2.24) is 0 Å². The molecule has 0 amide bonds. The molecule has 3 nitrogen and oxygen atoms in total. The predicted octanol–water partition coefficient (Wildman–Crippen LogP) is 3.11. The Hall–Kier alpha value is -1.69. The summed E-state index contributed by atoms with van der Waals surface area (Å²) in [5, 5.41) is 9.28. The van der Waals surface area contributed by atoms with E-state index in [-0.39, 0.29) is 5.92 Å². The molecule has 0 aliphatic heterocycles. The van der Waals surface area contributed by atoms with Crippen molar-refractivity contribution >= 4 is 0 Å². The summed E-state index contributed by atoms with van der Waals surface area (Å²) >= 11 is 0. The Morgan fingerprint density at radius 3 is 2.41 bits per heavy atom. The van der Waals surface area contributed by atoms with E-state index >= 15 is 0 Å². The minimum Gasteiger partial charge on any atom is -0.493 e. The van der Waals surface area contributed by atoms with Crippen LogP contribution in [0.1, 0.15) is 30.7 Å². The van der Waals surface area contributed by atoms with Gasteiger partial charge in [-0.1, -0.05) is 12.5 Å². The summed E-state index contributed by atoms with van der Waals surface area (Å²) in [5.41, 5.74) is 1.04. The van der Waals surface area contributed by atoms with Gasteiger partial charge in [-0.15, -0.1) is 0 Å². The first-order valence-corrected chi connectivity index (χ1v) is 5.91. The third-order valence-corrected chi connectivity index (χ3v) is 3.53. The Kier molecular flexibility index (Phi) is 3.53. The van der Waals surface area contributed by atoms with E-state index in [4.69, 9.17) is 9.47 Å². The molecule has 0 bridgehead atoms. The van der Waals surface area contributed by atoms with Gasteiger partial charge < -0.3 is 9.47 Å². The van der Waals surface area contributed by atoms with Crippen molar-refractivity contribution in [1.29, 1.82) is 5.26 Å². The van der Waals surface area contributed by atoms with E-state index in [1.54, 1.807) is 14.2 Å². The molecule has 90 valence electrons. The molecule has 17 heavy (non-hydrogen) atoms. The lowest BCUT2D eigenvalue weighted by atomic mass is 9.74. The van der Waals surface area contributed by atoms with Gasteiger partial charge in [0.15, 0.2) is 11.5 Å². The number of hydrogen-bond acceptors (Lipinski definition) is 3. The highest BCUT2D eigenvalue weighted by Crippen LogP contribution is 2.41. The smallest absolute Gasteiger partial charge is 0.161 e. The molecule has 1 atom stereocenters. The molecule has 1 aliphatic rings. The molecule has 0 aromatic heterocycles. The second-order valence-corrected chi connectivity index (χ2v) is 4.41. The summed E-state index contributed by atoms with van der Waals surface area (Å²) in [6.07, 6.45) is 3.56. The number of nitriles is 1. The fraction of sp³-hybridized carbons (Fsp3) is 0.500. The third kappa shape index (κ3) is 2.21. The maximum atomic E-state index is 9.28. The van der Waals surface area contributed by atoms with Crippen LogP contribution in [0, 0.1) is 17.2 Å². The molecule has 1 aromatic carbocycles. The molecule has 0 heterocycles. The van der Waals surface area contributed by atoms with Crippen LogP contribution in [-0.2, 0) is 0 Å². The van der Waals surface area contributed by atoms with Gasteiger partial charge >= 0.3 is 0 Å². The van der Waals surface area contributed by atoms with Gasteiger partial charge in [-0.3, -0.25) is 0 Å². The molecule has 1 aliphatic carbocycles. The zero-order chi connectivity index (χ0) is 12.3. The average Bonchev–Trinajstić information content (AvgIpc) is 2.32. The molecule has 0 radical (unpaired) electrons. The second kappa shape index (κ2) is 5.09. The highest BCUT2D eigenvalue weighted by molar-refractivity contribution is 5.45. The molecule has 0 unspecified atom stereocenters. The Bertz CT molecular complexity index is 432. The topological polar surface area (TPSA) is 42.2 Å². The van der Waals surface area contributed by atoms with E-state index in [9.17, 15) is 5.26 Å². The zero-order valence-electron chi connectivity index (χ0n) is 10.3. The van der Waals surface area contributed by atoms with Crippen molar-refractivity contribution < 1.29 is 9.47 Å². The summed E-state index contributed by atoms with van der Waals surface area (Å²) in [6.45, 7) is 0. The summed E-state index contributed by atoms with van der Waals surface area (Å²) in [5.74, 6) is 1.91. The Morgan fingerprint density at radius 2 is 1.94 bits per heavy atom. The number of methoxy groups -OCH3 is 2. The number of benzene rings is 1. The quantitative estimate of drug-likeness (QED) is 0.799. The zero-order valence-corrected chi connectivity index (χ0v) is 10.3. The van der Waals surface area contributed by atoms with E-state index in [1.165, 1.54) is 6.42 Å². The molecule has 0 spiro atoms. The van der Waals surface area contributed by atoms with Gasteiger partial charge in [0.25, 0.3) is 0 Å². The maximum Gasteiger partial charge on any atom is 0.161 e. The van der Waals surface area contributed by atoms with Crippen LogP contribution in [-0.4, -0.2) is 14.2 Å². The van der Waals surface area contributed by atoms with Crippen LogP contribution >= 0.6 is 0 Å². The largest absolute Gasteiger partial charge is 0.493 e. The van der Waals surface area contributed by atoms with Crippen molar-refractivity contribution in [3.63, 3.8) is 0 Å². The summed E-state index contributed by atoms with van der Waals surface area (Å²) in [6, 6.07) is 8.17. The van der Waals surface area contributed by atoms with E-state index in [1.807, 2.05) is 18.2 Å². The van der Waals surface area contributed by atoms with Crippen LogP contribution < -0.4 is 9.47 Å². The van der Waals surface area contributed by atoms with Gasteiger partial charge in [0, 0.05) is 0 Å². The molecular formula is C14H17NO2. The number of ether oxygens (including phenoxy) is 2. The first-order chi connectivity index (χ1) is 8.30. The lowest BCUT2D eigenvalue weighted by Crippen LogP contribution is -2.19. The van der Waals surface area contributed by atoms with Gasteiger partial charge in [0.05, 0.1) is 26.2 Å². The Labute approximate surface area is 102 Å². The number of rotatable bonds is 4. The molecule has 3 heteroatoms. The Balaban J connectivity index is 2.28. The second-order valence-electron chi connectivity index (χ2n) is 4.41. The Morgan fingerprint density at radius 1 is 1.24 bits per heavy atom. The van der Waals surface area contributed by atoms with Crippen molar-refractivity contribution in [2.75, 3.05) is 14.2 Å². The third-order valence-electron chi connectivity index (χ3n) is 3.53. The van der Waals surface area contributed by atoms with Crippen LogP contribution in [0.2, 0.25) is 0 Å². The van der Waals surface area contributed by atoms with Gasteiger partial charge in [0.1, 0.15) is 0 Å². The number of hydrogen-bond donors (Lipinski definition) is 0. The van der Waals surface area contributed by atoms with Crippen molar-refractivity contribution in [2.45, 2.75) is 25.2 Å². The molecule has 1 fully saturated rings. The lowest BCUT2D eigenvalue weighted by Gasteiger charge is -2.30. The van der Waals surface area contributed by atoms with Gasteiger partial charge in [-0.05, 0) is 36.5 Å². The van der Waals surface area contributed by atoms with Crippen LogP contribution in [0.4, 0.5) is 0 Å². The highest BCUT2D eigenvalue weighted by Gasteiger charge is 2.28. The van der Waals surface area contributed by atoms with Gasteiger partial charge in [0.2, 0.25) is 0 Å². The molecule has 2 rings (SSSR count). The summed E-state index contributed by atoms with van der Waals surface area (Å²) < 4.78 is 10.5. The van der Waals surface area contributed by atoms with Crippen molar-refractivity contribution in [2.24, 2.45) is 5.92 Å². The fourth-order valence-electron chi connectivity index (χ4n) is 2.27. The lowest BCUT2D eigenvalue weighted by molar-refractivity contribution is 0.291. The summed E-state index contributed by atoms with van der Waals surface area (Å²) in [4.78, 5) is 0. The molecule has 0 N–H and O–H groups in total. The van der Waals surface area contributed by atoms with Crippen molar-refractivity contribution in [3.05, 3.63) is 23.8 Å². The van der Waals surface area contributed by atoms with E-state index in [0.29, 0.717) is 17.4 Å². The van der Waals surface area contributed by atoms with Crippen LogP contribution in [0.15, 0.2) is 18.2 Å². The van der Waals surface area contributed by atoms with Crippen LogP contribution in [0.25, 0.3) is 0 Å². The fourth-order valence-corrected chi connectivity index (χ4v) is 2.27. The van der Waals surface area contributed by atoms with Gasteiger partial charge in [-0.2, -0.15) is 5.26 Å². The minimum absolute atomic E-state index is 0.0106. The number of nitrogens with zero attached hydrogens (tertiary/aromatic N) is 1. The molecular weight excluding hydrogens is 214 g/mol. The van der Waals surface area contributed by atoms with E-state index in [0.717, 1.165) is 18.4 Å². The molecule has 1 saturated carbocycles. The highest BCUT2D eigenvalue weighted by atomic mass is 16.5. The molecule has 0 saturated heterocycles. The molecule has 1 aromatic rings.